The standard InChI is InChI=1S/C21H28N6O/c1-16-7-8-18(22-13-16)25-21(28)17-6-5-11-27(14-17)20-12-19(23-15-24-20)26-9-3-2-4-10-26/h7-8,12-13,15,17H,2-6,9-11,14H2,1H3,(H,22,25,28). The summed E-state index contributed by atoms with van der Waals surface area (Å²) < 4.78 is 0. The van der Waals surface area contributed by atoms with Gasteiger partial charge in [0.05, 0.1) is 5.92 Å². The van der Waals surface area contributed by atoms with E-state index in [-0.39, 0.29) is 11.8 Å². The highest BCUT2D eigenvalue weighted by molar-refractivity contribution is 5.92. The van der Waals surface area contributed by atoms with Crippen LogP contribution in [-0.2, 0) is 4.79 Å². The number of pyridine rings is 1. The van der Waals surface area contributed by atoms with Crippen molar-refractivity contribution >= 4 is 23.4 Å². The van der Waals surface area contributed by atoms with E-state index in [0.29, 0.717) is 12.4 Å². The largest absolute Gasteiger partial charge is 0.356 e. The zero-order chi connectivity index (χ0) is 19.3. The highest BCUT2D eigenvalue weighted by atomic mass is 16.2. The number of anilines is 3. The lowest BCUT2D eigenvalue weighted by Crippen LogP contribution is -2.41. The van der Waals surface area contributed by atoms with E-state index < -0.39 is 0 Å². The molecule has 4 heterocycles. The molecule has 2 saturated heterocycles. The van der Waals surface area contributed by atoms with Gasteiger partial charge in [0, 0.05) is 38.4 Å². The van der Waals surface area contributed by atoms with Crippen molar-refractivity contribution in [3.05, 3.63) is 36.3 Å². The lowest BCUT2D eigenvalue weighted by molar-refractivity contribution is -0.120. The van der Waals surface area contributed by atoms with Crippen molar-refractivity contribution < 1.29 is 4.79 Å². The second-order valence-corrected chi connectivity index (χ2v) is 7.78. The van der Waals surface area contributed by atoms with Crippen LogP contribution in [0.25, 0.3) is 0 Å². The Kier molecular flexibility index (Phi) is 5.69. The molecule has 0 spiro atoms. The molecule has 0 saturated carbocycles. The van der Waals surface area contributed by atoms with E-state index in [1.165, 1.54) is 19.3 Å². The molecule has 7 heteroatoms. The number of nitrogens with zero attached hydrogens (tertiary/aromatic N) is 5. The first kappa shape index (κ1) is 18.7. The van der Waals surface area contributed by atoms with E-state index in [0.717, 1.165) is 49.7 Å². The third-order valence-corrected chi connectivity index (χ3v) is 5.60. The molecular weight excluding hydrogens is 352 g/mol. The summed E-state index contributed by atoms with van der Waals surface area (Å²) in [6.45, 7) is 5.70. The van der Waals surface area contributed by atoms with Crippen LogP contribution >= 0.6 is 0 Å². The van der Waals surface area contributed by atoms with Crippen LogP contribution in [0.3, 0.4) is 0 Å². The number of carbonyl (C=O) groups is 1. The van der Waals surface area contributed by atoms with Crippen molar-refractivity contribution in [3.8, 4) is 0 Å². The van der Waals surface area contributed by atoms with Gasteiger partial charge >= 0.3 is 0 Å². The summed E-state index contributed by atoms with van der Waals surface area (Å²) in [7, 11) is 0. The molecule has 2 aromatic heterocycles. The van der Waals surface area contributed by atoms with Crippen LogP contribution in [0.5, 0.6) is 0 Å². The first-order valence-corrected chi connectivity index (χ1v) is 10.2. The Hall–Kier alpha value is -2.70. The number of hydrogen-bond donors (Lipinski definition) is 1. The first-order chi connectivity index (χ1) is 13.7. The maximum absolute atomic E-state index is 12.7. The van der Waals surface area contributed by atoms with Crippen LogP contribution in [0.1, 0.15) is 37.7 Å². The van der Waals surface area contributed by atoms with Crippen LogP contribution in [0.15, 0.2) is 30.7 Å². The van der Waals surface area contributed by atoms with Gasteiger partial charge in [-0.3, -0.25) is 4.79 Å². The fraction of sp³-hybridized carbons (Fsp3) is 0.524. The predicted molar refractivity (Wildman–Crippen MR) is 111 cm³/mol. The Balaban J connectivity index is 1.41. The molecule has 2 aliphatic rings. The Morgan fingerprint density at radius 2 is 1.75 bits per heavy atom. The van der Waals surface area contributed by atoms with E-state index in [4.69, 9.17) is 0 Å². The fourth-order valence-corrected chi connectivity index (χ4v) is 3.98. The maximum atomic E-state index is 12.7. The monoisotopic (exact) mass is 380 g/mol. The van der Waals surface area contributed by atoms with Gasteiger partial charge in [-0.25, -0.2) is 15.0 Å². The van der Waals surface area contributed by atoms with E-state index in [2.05, 4.69) is 36.1 Å². The highest BCUT2D eigenvalue weighted by Crippen LogP contribution is 2.26. The summed E-state index contributed by atoms with van der Waals surface area (Å²) in [5, 5.41) is 2.96. The minimum atomic E-state index is -0.0646. The normalized spacial score (nSPS) is 20.1. The number of carbonyl (C=O) groups excluding carboxylic acids is 1. The van der Waals surface area contributed by atoms with Crippen LogP contribution < -0.4 is 15.1 Å². The number of piperidine rings is 2. The molecule has 1 amide bonds. The molecule has 1 unspecified atom stereocenters. The van der Waals surface area contributed by atoms with Crippen molar-refractivity contribution in [2.24, 2.45) is 5.92 Å². The van der Waals surface area contributed by atoms with Crippen LogP contribution in [0.2, 0.25) is 0 Å². The molecule has 4 rings (SSSR count). The van der Waals surface area contributed by atoms with Crippen molar-refractivity contribution in [3.63, 3.8) is 0 Å². The van der Waals surface area contributed by atoms with E-state index in [1.54, 1.807) is 12.5 Å². The molecule has 148 valence electrons. The van der Waals surface area contributed by atoms with Gasteiger partial charge in [-0.1, -0.05) is 6.07 Å². The molecule has 1 atom stereocenters. The second-order valence-electron chi connectivity index (χ2n) is 7.78. The van der Waals surface area contributed by atoms with Crippen LogP contribution in [0.4, 0.5) is 17.5 Å². The molecule has 2 aliphatic heterocycles. The molecule has 28 heavy (non-hydrogen) atoms. The SMILES string of the molecule is Cc1ccc(NC(=O)C2CCCN(c3cc(N4CCCCC4)ncn3)C2)nc1. The summed E-state index contributed by atoms with van der Waals surface area (Å²) >= 11 is 0. The highest BCUT2D eigenvalue weighted by Gasteiger charge is 2.27. The number of rotatable bonds is 4. The van der Waals surface area contributed by atoms with E-state index in [9.17, 15) is 4.79 Å². The number of hydrogen-bond acceptors (Lipinski definition) is 6. The molecule has 7 nitrogen and oxygen atoms in total. The Morgan fingerprint density at radius 1 is 1.00 bits per heavy atom. The average Bonchev–Trinajstić information content (AvgIpc) is 2.76. The van der Waals surface area contributed by atoms with Crippen LogP contribution in [0, 0.1) is 12.8 Å². The van der Waals surface area contributed by atoms with E-state index >= 15 is 0 Å². The van der Waals surface area contributed by atoms with Gasteiger partial charge in [0.25, 0.3) is 0 Å². The minimum Gasteiger partial charge on any atom is -0.356 e. The molecule has 0 aliphatic carbocycles. The average molecular weight is 380 g/mol. The van der Waals surface area contributed by atoms with Crippen molar-refractivity contribution in [2.45, 2.75) is 39.0 Å². The molecule has 0 radical (unpaired) electrons. The fourth-order valence-electron chi connectivity index (χ4n) is 3.98. The number of nitrogens with one attached hydrogen (secondary N) is 1. The summed E-state index contributed by atoms with van der Waals surface area (Å²) in [5.41, 5.74) is 1.08. The van der Waals surface area contributed by atoms with Gasteiger partial charge in [-0.05, 0) is 50.7 Å². The van der Waals surface area contributed by atoms with Gasteiger partial charge < -0.3 is 15.1 Å². The molecule has 2 aromatic rings. The lowest BCUT2D eigenvalue weighted by atomic mass is 9.97. The quantitative estimate of drug-likeness (QED) is 0.879. The maximum Gasteiger partial charge on any atom is 0.230 e. The zero-order valence-electron chi connectivity index (χ0n) is 16.5. The predicted octanol–water partition coefficient (Wildman–Crippen LogP) is 3.03. The van der Waals surface area contributed by atoms with Crippen molar-refractivity contribution in [1.29, 1.82) is 0 Å². The zero-order valence-corrected chi connectivity index (χ0v) is 16.5. The third-order valence-electron chi connectivity index (χ3n) is 5.60. The topological polar surface area (TPSA) is 74.2 Å². The van der Waals surface area contributed by atoms with Crippen molar-refractivity contribution in [1.82, 2.24) is 15.0 Å². The van der Waals surface area contributed by atoms with Gasteiger partial charge in [-0.2, -0.15) is 0 Å². The molecule has 1 N–H and O–H groups in total. The summed E-state index contributed by atoms with van der Waals surface area (Å²) in [5.74, 6) is 2.50. The molecule has 2 fully saturated rings. The summed E-state index contributed by atoms with van der Waals surface area (Å²) in [4.78, 5) is 30.5. The smallest absolute Gasteiger partial charge is 0.230 e. The number of aromatic nitrogens is 3. The molecule has 0 aromatic carbocycles. The summed E-state index contributed by atoms with van der Waals surface area (Å²) in [6, 6.07) is 5.88. The second kappa shape index (κ2) is 8.54. The Morgan fingerprint density at radius 3 is 2.50 bits per heavy atom. The number of amides is 1. The van der Waals surface area contributed by atoms with Gasteiger partial charge in [0.15, 0.2) is 0 Å². The Bertz CT molecular complexity index is 803. The molecule has 0 bridgehead atoms. The summed E-state index contributed by atoms with van der Waals surface area (Å²) in [6.07, 6.45) is 9.02. The minimum absolute atomic E-state index is 0.0337. The van der Waals surface area contributed by atoms with Gasteiger partial charge in [0.2, 0.25) is 5.91 Å². The number of aryl methyl sites for hydroxylation is 1. The van der Waals surface area contributed by atoms with Gasteiger partial charge in [0.1, 0.15) is 23.8 Å². The third kappa shape index (κ3) is 4.40. The van der Waals surface area contributed by atoms with E-state index in [1.807, 2.05) is 19.1 Å². The van der Waals surface area contributed by atoms with Gasteiger partial charge in [-0.15, -0.1) is 0 Å². The van der Waals surface area contributed by atoms with Crippen LogP contribution in [-0.4, -0.2) is 47.0 Å². The lowest BCUT2D eigenvalue weighted by Gasteiger charge is -2.33. The van der Waals surface area contributed by atoms with Crippen molar-refractivity contribution in [2.75, 3.05) is 41.3 Å². The first-order valence-electron chi connectivity index (χ1n) is 10.2. The molecular formula is C21H28N6O. The Labute approximate surface area is 166 Å².